The van der Waals surface area contributed by atoms with E-state index in [2.05, 4.69) is 34.8 Å². The monoisotopic (exact) mass is 674 g/mol. The zero-order valence-electron chi connectivity index (χ0n) is 29.6. The van der Waals surface area contributed by atoms with Crippen LogP contribution < -0.4 is 16.0 Å². The molecular weight excluding hydrogens is 624 g/mol. The molecule has 0 radical (unpaired) electrons. The molecule has 1 aromatic heterocycles. The quantitative estimate of drug-likeness (QED) is 0.248. The summed E-state index contributed by atoms with van der Waals surface area (Å²) >= 11 is 0. The molecule has 1 fully saturated rings. The fourth-order valence-corrected chi connectivity index (χ4v) is 5.86. The van der Waals surface area contributed by atoms with Gasteiger partial charge in [-0.1, -0.05) is 74.5 Å². The van der Waals surface area contributed by atoms with Crippen LogP contribution in [0.4, 0.5) is 10.6 Å². The Balaban J connectivity index is 1.52. The summed E-state index contributed by atoms with van der Waals surface area (Å²) in [6, 6.07) is 17.1. The second kappa shape index (κ2) is 16.1. The number of hydrogen-bond acceptors (Lipinski definition) is 7. The first-order valence-corrected chi connectivity index (χ1v) is 16.7. The molecule has 2 aromatic carbocycles. The van der Waals surface area contributed by atoms with Gasteiger partial charge in [0, 0.05) is 19.3 Å². The van der Waals surface area contributed by atoms with Crippen molar-refractivity contribution in [2.75, 3.05) is 25.0 Å². The zero-order valence-corrected chi connectivity index (χ0v) is 29.6. The highest BCUT2D eigenvalue weighted by atomic mass is 16.6. The van der Waals surface area contributed by atoms with E-state index < -0.39 is 41.1 Å². The van der Waals surface area contributed by atoms with Gasteiger partial charge in [-0.3, -0.25) is 14.4 Å². The Hall–Kier alpha value is -4.71. The van der Waals surface area contributed by atoms with Crippen LogP contribution in [0, 0.1) is 11.8 Å². The predicted molar refractivity (Wildman–Crippen MR) is 186 cm³/mol. The van der Waals surface area contributed by atoms with Crippen molar-refractivity contribution in [2.45, 2.75) is 84.7 Å². The minimum absolute atomic E-state index is 0.0425. The number of imidazole rings is 1. The average molecular weight is 675 g/mol. The number of nitrogens with zero attached hydrogens (tertiary/aromatic N) is 3. The molecule has 3 N–H and O–H groups in total. The van der Waals surface area contributed by atoms with Gasteiger partial charge in [-0.05, 0) is 64.0 Å². The van der Waals surface area contributed by atoms with Crippen molar-refractivity contribution in [1.82, 2.24) is 25.1 Å². The first-order valence-electron chi connectivity index (χ1n) is 16.7. The Morgan fingerprint density at radius 1 is 0.918 bits per heavy atom. The van der Waals surface area contributed by atoms with E-state index in [9.17, 15) is 19.2 Å². The molecule has 0 aliphatic carbocycles. The maximum atomic E-state index is 14.0. The third kappa shape index (κ3) is 10.9. The number of aromatic nitrogens is 2. The Morgan fingerprint density at radius 3 is 2.14 bits per heavy atom. The molecule has 4 rings (SSSR count). The molecule has 3 unspecified atom stereocenters. The molecule has 0 bridgehead atoms. The Labute approximate surface area is 288 Å². The number of piperidine rings is 1. The number of hydrogen-bond donors (Lipinski definition) is 3. The van der Waals surface area contributed by atoms with Gasteiger partial charge in [-0.15, -0.1) is 0 Å². The number of alkyl carbamates (subject to hydrolysis) is 1. The van der Waals surface area contributed by atoms with Crippen LogP contribution >= 0.6 is 0 Å². The largest absolute Gasteiger partial charge is 0.444 e. The minimum atomic E-state index is -1.42. The van der Waals surface area contributed by atoms with E-state index in [4.69, 9.17) is 9.47 Å². The molecular formula is C37H50N6O6. The number of carbonyl (C=O) groups excluding carboxylic acids is 4. The Morgan fingerprint density at radius 2 is 1.53 bits per heavy atom. The van der Waals surface area contributed by atoms with Gasteiger partial charge in [0.1, 0.15) is 23.2 Å². The number of anilines is 1. The van der Waals surface area contributed by atoms with Gasteiger partial charge in [0.05, 0.1) is 19.5 Å². The molecule has 1 saturated heterocycles. The smallest absolute Gasteiger partial charge is 0.408 e. The lowest BCUT2D eigenvalue weighted by atomic mass is 9.91. The topological polar surface area (TPSA) is 144 Å². The lowest BCUT2D eigenvalue weighted by molar-refractivity contribution is -0.136. The standard InChI is InChI=1S/C37H50N6O6/c1-25-18-26(2)20-42(19-25)33(45)31(28-16-12-9-13-17-28)43-21-30(38-24-43)40-32(44)29(23-48-22-27-14-10-8-11-15-27)39-34(46)37(6,7)41-35(47)49-36(3,4)5/h8-17,21,24-26,29,31H,18-20,22-23H2,1-7H3,(H,39,46)(H,40,44)(H,41,47)/t25?,26?,29-,31?/m1/s1. The van der Waals surface area contributed by atoms with Crippen molar-refractivity contribution >= 4 is 29.6 Å². The van der Waals surface area contributed by atoms with E-state index in [-0.39, 0.29) is 24.9 Å². The molecule has 0 spiro atoms. The number of ether oxygens (including phenoxy) is 2. The summed E-state index contributed by atoms with van der Waals surface area (Å²) in [6.45, 7) is 13.9. The van der Waals surface area contributed by atoms with Crippen LogP contribution in [0.15, 0.2) is 73.2 Å². The summed E-state index contributed by atoms with van der Waals surface area (Å²) in [6.07, 6.45) is 3.44. The second-order valence-corrected chi connectivity index (χ2v) is 14.5. The summed E-state index contributed by atoms with van der Waals surface area (Å²) in [5.74, 6) is -0.260. The second-order valence-electron chi connectivity index (χ2n) is 14.5. The van der Waals surface area contributed by atoms with Crippen molar-refractivity contribution in [2.24, 2.45) is 11.8 Å². The fourth-order valence-electron chi connectivity index (χ4n) is 5.86. The van der Waals surface area contributed by atoms with E-state index in [1.165, 1.54) is 20.2 Å². The van der Waals surface area contributed by atoms with E-state index >= 15 is 0 Å². The highest BCUT2D eigenvalue weighted by Crippen LogP contribution is 2.27. The SMILES string of the molecule is CC1CC(C)CN(C(=O)C(c2ccccc2)n2cnc(NC(=O)[C@@H](COCc3ccccc3)NC(=O)C(C)(C)NC(=O)OC(C)(C)C)c2)C1. The molecule has 2 heterocycles. The lowest BCUT2D eigenvalue weighted by Gasteiger charge is -2.37. The molecule has 12 heteroatoms. The number of likely N-dealkylation sites (tertiary alicyclic amines) is 1. The first-order chi connectivity index (χ1) is 23.1. The van der Waals surface area contributed by atoms with E-state index in [0.29, 0.717) is 24.9 Å². The Bertz CT molecular complexity index is 1560. The number of benzene rings is 2. The molecule has 1 aliphatic rings. The summed E-state index contributed by atoms with van der Waals surface area (Å²) in [5, 5.41) is 8.06. The molecule has 1 aliphatic heterocycles. The van der Waals surface area contributed by atoms with Crippen molar-refractivity contribution in [3.63, 3.8) is 0 Å². The maximum absolute atomic E-state index is 14.0. The van der Waals surface area contributed by atoms with Crippen LogP contribution in [-0.4, -0.2) is 75.1 Å². The van der Waals surface area contributed by atoms with Crippen LogP contribution in [0.1, 0.15) is 72.1 Å². The molecule has 4 atom stereocenters. The predicted octanol–water partition coefficient (Wildman–Crippen LogP) is 4.92. The number of rotatable bonds is 12. The molecule has 49 heavy (non-hydrogen) atoms. The zero-order chi connectivity index (χ0) is 35.8. The van der Waals surface area contributed by atoms with E-state index in [0.717, 1.165) is 17.5 Å². The molecule has 0 saturated carbocycles. The van der Waals surface area contributed by atoms with Gasteiger partial charge in [0.25, 0.3) is 5.91 Å². The average Bonchev–Trinajstić information content (AvgIpc) is 3.47. The van der Waals surface area contributed by atoms with Crippen molar-refractivity contribution < 1.29 is 28.7 Å². The maximum Gasteiger partial charge on any atom is 0.408 e. The normalized spacial score (nSPS) is 17.8. The van der Waals surface area contributed by atoms with Gasteiger partial charge in [-0.25, -0.2) is 9.78 Å². The highest BCUT2D eigenvalue weighted by molar-refractivity contribution is 5.98. The van der Waals surface area contributed by atoms with Gasteiger partial charge >= 0.3 is 6.09 Å². The van der Waals surface area contributed by atoms with Gasteiger partial charge in [0.2, 0.25) is 11.8 Å². The van der Waals surface area contributed by atoms with Crippen molar-refractivity contribution in [1.29, 1.82) is 0 Å². The summed E-state index contributed by atoms with van der Waals surface area (Å²) in [4.78, 5) is 59.9. The van der Waals surface area contributed by atoms with Gasteiger partial charge in [0.15, 0.2) is 5.82 Å². The summed E-state index contributed by atoms with van der Waals surface area (Å²) < 4.78 is 12.9. The van der Waals surface area contributed by atoms with Crippen molar-refractivity contribution in [3.8, 4) is 0 Å². The van der Waals surface area contributed by atoms with Gasteiger partial charge in [-0.2, -0.15) is 0 Å². The van der Waals surface area contributed by atoms with E-state index in [1.807, 2.05) is 65.6 Å². The van der Waals surface area contributed by atoms with E-state index in [1.54, 1.807) is 31.5 Å². The summed E-state index contributed by atoms with van der Waals surface area (Å²) in [7, 11) is 0. The third-order valence-electron chi connectivity index (χ3n) is 8.08. The third-order valence-corrected chi connectivity index (χ3v) is 8.08. The van der Waals surface area contributed by atoms with Crippen LogP contribution in [-0.2, 0) is 30.5 Å². The first kappa shape index (κ1) is 37.1. The molecule has 12 nitrogen and oxygen atoms in total. The van der Waals surface area contributed by atoms with Crippen LogP contribution in [0.25, 0.3) is 0 Å². The molecule has 3 aromatic rings. The van der Waals surface area contributed by atoms with Crippen LogP contribution in [0.2, 0.25) is 0 Å². The van der Waals surface area contributed by atoms with Crippen LogP contribution in [0.5, 0.6) is 0 Å². The number of amides is 4. The lowest BCUT2D eigenvalue weighted by Crippen LogP contribution is -2.59. The minimum Gasteiger partial charge on any atom is -0.444 e. The molecule has 264 valence electrons. The van der Waals surface area contributed by atoms with Gasteiger partial charge < -0.3 is 34.9 Å². The highest BCUT2D eigenvalue weighted by Gasteiger charge is 2.35. The van der Waals surface area contributed by atoms with Crippen molar-refractivity contribution in [3.05, 3.63) is 84.3 Å². The number of carbonyl (C=O) groups is 4. The number of nitrogens with one attached hydrogen (secondary N) is 3. The fraction of sp³-hybridized carbons (Fsp3) is 0.486. The molecule has 4 amide bonds. The summed E-state index contributed by atoms with van der Waals surface area (Å²) in [5.41, 5.74) is -0.488. The van der Waals surface area contributed by atoms with Crippen LogP contribution in [0.3, 0.4) is 0 Å². The Kier molecular flexibility index (Phi) is 12.2.